The third-order valence-electron chi connectivity index (χ3n) is 23.1. The molecule has 0 aliphatic heterocycles. The second kappa shape index (κ2) is 14.7. The van der Waals surface area contributed by atoms with Crippen LogP contribution in [0.15, 0.2) is 97.1 Å². The number of hydrogen-bond acceptors (Lipinski definition) is 0. The van der Waals surface area contributed by atoms with Crippen LogP contribution in [0.1, 0.15) is 211 Å². The van der Waals surface area contributed by atoms with Crippen molar-refractivity contribution in [2.45, 2.75) is 209 Å². The molecule has 0 atom stereocenters. The fraction of sp³-hybridized carbons (Fsp3) is 0.447. The third kappa shape index (κ3) is 6.22. The summed E-state index contributed by atoms with van der Waals surface area (Å²) in [6, 6.07) is 40.5. The standard InChI is InChI=1S/C76H88N2/c1-67(2,3)45-29-43(30-46(35-45)68(4,5)6)41-25-27-49-57(33-41)77-59-39-55-53(71(13,14)75(21,22)73(55,17)18)37-51(59)64-62-50-28-26-42(44-31-47(69(7,8)9)36-48(32-44)70(10,11)12)34-58(50)78-60-40-56-54(72(15,16)76(23,24)74(56,19)20)38-52(60)63(66(62)78)61(49)65(64)77/h25-40H,1-24H3. The molecule has 7 aromatic carbocycles. The molecular weight excluding hydrogens is 941 g/mol. The van der Waals surface area contributed by atoms with E-state index < -0.39 is 0 Å². The van der Waals surface area contributed by atoms with E-state index in [1.54, 1.807) is 0 Å². The van der Waals surface area contributed by atoms with Gasteiger partial charge in [0.05, 0.1) is 33.1 Å². The fourth-order valence-corrected chi connectivity index (χ4v) is 15.4. The summed E-state index contributed by atoms with van der Waals surface area (Å²) in [5.74, 6) is 0. The Kier molecular flexibility index (Phi) is 9.74. The minimum Gasteiger partial charge on any atom is -0.308 e. The SMILES string of the molecule is CC(C)(C)c1cc(-c2ccc3c4c5c6cc7c(cc6n6c8cc(-c9cc(C(C)(C)C)cc(C(C)(C)C)c9)ccc8c(c8c9cc%10c(cc9n(c3c2)c48)C(C)(C)C(C)(C)C%10(C)C)c56)C(C)(C)C(C)(C)C7(C)C)cc(C(C)(C)C)c1. The highest BCUT2D eigenvalue weighted by atomic mass is 14.9. The van der Waals surface area contributed by atoms with Crippen molar-refractivity contribution in [3.05, 3.63) is 142 Å². The van der Waals surface area contributed by atoms with E-state index in [1.807, 2.05) is 0 Å². The number of aromatic nitrogens is 2. The Morgan fingerprint density at radius 1 is 0.269 bits per heavy atom. The van der Waals surface area contributed by atoms with Crippen LogP contribution in [0, 0.1) is 10.8 Å². The third-order valence-corrected chi connectivity index (χ3v) is 23.1. The van der Waals surface area contributed by atoms with Crippen molar-refractivity contribution in [3.63, 3.8) is 0 Å². The van der Waals surface area contributed by atoms with Gasteiger partial charge in [-0.3, -0.25) is 0 Å². The van der Waals surface area contributed by atoms with Crippen molar-refractivity contribution in [2.24, 2.45) is 10.8 Å². The molecule has 78 heavy (non-hydrogen) atoms. The zero-order chi connectivity index (χ0) is 56.5. The van der Waals surface area contributed by atoms with E-state index in [4.69, 9.17) is 0 Å². The lowest BCUT2D eigenvalue weighted by atomic mass is 9.59. The van der Waals surface area contributed by atoms with Crippen LogP contribution in [0.3, 0.4) is 0 Å². The normalized spacial score (nSPS) is 18.9. The summed E-state index contributed by atoms with van der Waals surface area (Å²) in [5, 5.41) is 11.0. The minimum atomic E-state index is -0.0528. The van der Waals surface area contributed by atoms with Crippen molar-refractivity contribution in [1.82, 2.24) is 8.80 Å². The van der Waals surface area contributed by atoms with E-state index in [-0.39, 0.29) is 54.1 Å². The second-order valence-corrected chi connectivity index (χ2v) is 32.5. The molecule has 0 amide bonds. The predicted octanol–water partition coefficient (Wildman–Crippen LogP) is 21.7. The lowest BCUT2D eigenvalue weighted by Gasteiger charge is -2.44. The maximum absolute atomic E-state index is 2.74. The van der Waals surface area contributed by atoms with Gasteiger partial charge < -0.3 is 8.80 Å². The van der Waals surface area contributed by atoms with Crippen LogP contribution in [-0.4, -0.2) is 8.80 Å². The summed E-state index contributed by atoms with van der Waals surface area (Å²) in [6.07, 6.45) is 0. The zero-order valence-electron chi connectivity index (χ0n) is 52.1. The lowest BCUT2D eigenvalue weighted by Crippen LogP contribution is -2.42. The smallest absolute Gasteiger partial charge is 0.0634 e. The molecule has 2 nitrogen and oxygen atoms in total. The Labute approximate surface area is 466 Å². The molecule has 0 radical (unpaired) electrons. The molecule has 0 saturated carbocycles. The monoisotopic (exact) mass is 1030 g/mol. The predicted molar refractivity (Wildman–Crippen MR) is 341 cm³/mol. The molecule has 13 rings (SSSR count). The first kappa shape index (κ1) is 51.6. The van der Waals surface area contributed by atoms with Gasteiger partial charge in [-0.05, 0) is 157 Å². The van der Waals surface area contributed by atoms with Crippen molar-refractivity contribution in [2.75, 3.05) is 0 Å². The molecule has 2 aliphatic carbocycles. The van der Waals surface area contributed by atoms with Crippen LogP contribution in [0.25, 0.3) is 98.4 Å². The van der Waals surface area contributed by atoms with Crippen LogP contribution in [0.2, 0.25) is 0 Å². The van der Waals surface area contributed by atoms with E-state index in [0.717, 1.165) is 0 Å². The molecule has 2 heteroatoms. The Morgan fingerprint density at radius 3 is 0.808 bits per heavy atom. The molecule has 11 aromatic rings. The molecule has 0 spiro atoms. The largest absolute Gasteiger partial charge is 0.308 e. The second-order valence-electron chi connectivity index (χ2n) is 32.5. The molecule has 4 heterocycles. The highest BCUT2D eigenvalue weighted by Gasteiger charge is 2.58. The Bertz CT molecular complexity index is 4080. The average molecular weight is 1030 g/mol. The maximum Gasteiger partial charge on any atom is 0.0634 e. The highest BCUT2D eigenvalue weighted by molar-refractivity contribution is 6.45. The molecule has 0 bridgehead atoms. The van der Waals surface area contributed by atoms with Gasteiger partial charge in [0.15, 0.2) is 0 Å². The summed E-state index contributed by atoms with van der Waals surface area (Å²) in [5.41, 5.74) is 24.4. The van der Waals surface area contributed by atoms with E-state index in [9.17, 15) is 0 Å². The quantitative estimate of drug-likeness (QED) is 0.163. The van der Waals surface area contributed by atoms with Gasteiger partial charge in [0, 0.05) is 43.1 Å². The number of fused-ring (bicyclic) bond motifs is 16. The van der Waals surface area contributed by atoms with Crippen LogP contribution in [0.4, 0.5) is 0 Å². The Morgan fingerprint density at radius 2 is 0.526 bits per heavy atom. The van der Waals surface area contributed by atoms with Crippen molar-refractivity contribution in [1.29, 1.82) is 0 Å². The van der Waals surface area contributed by atoms with Gasteiger partial charge in [-0.15, -0.1) is 0 Å². The molecular formula is C76H88N2. The van der Waals surface area contributed by atoms with Gasteiger partial charge >= 0.3 is 0 Å². The van der Waals surface area contributed by atoms with Crippen molar-refractivity contribution >= 4 is 76.2 Å². The first-order chi connectivity index (χ1) is 35.7. The van der Waals surface area contributed by atoms with Gasteiger partial charge in [0.25, 0.3) is 0 Å². The molecule has 0 unspecified atom stereocenters. The first-order valence-corrected chi connectivity index (χ1v) is 29.6. The van der Waals surface area contributed by atoms with Gasteiger partial charge in [-0.2, -0.15) is 0 Å². The van der Waals surface area contributed by atoms with Crippen molar-refractivity contribution < 1.29 is 0 Å². The van der Waals surface area contributed by atoms with E-state index in [1.165, 1.54) is 143 Å². The summed E-state index contributed by atoms with van der Waals surface area (Å²) >= 11 is 0. The van der Waals surface area contributed by atoms with Crippen LogP contribution < -0.4 is 0 Å². The molecule has 4 aromatic heterocycles. The number of benzene rings is 7. The Hall–Kier alpha value is -5.86. The van der Waals surface area contributed by atoms with Gasteiger partial charge in [0.2, 0.25) is 0 Å². The number of rotatable bonds is 2. The molecule has 402 valence electrons. The van der Waals surface area contributed by atoms with E-state index in [2.05, 4.69) is 272 Å². The Balaban J connectivity index is 1.26. The number of nitrogens with zero attached hydrogens (tertiary/aromatic N) is 2. The number of hydrogen-bond donors (Lipinski definition) is 0. The molecule has 0 fully saturated rings. The summed E-state index contributed by atoms with van der Waals surface area (Å²) < 4.78 is 5.49. The summed E-state index contributed by atoms with van der Waals surface area (Å²) in [6.45, 7) is 58.4. The fourth-order valence-electron chi connectivity index (χ4n) is 15.4. The van der Waals surface area contributed by atoms with Crippen molar-refractivity contribution in [3.8, 4) is 22.3 Å². The van der Waals surface area contributed by atoms with E-state index >= 15 is 0 Å². The van der Waals surface area contributed by atoms with Crippen LogP contribution in [0.5, 0.6) is 0 Å². The topological polar surface area (TPSA) is 8.82 Å². The zero-order valence-corrected chi connectivity index (χ0v) is 52.1. The maximum atomic E-state index is 2.74. The molecule has 0 saturated heterocycles. The van der Waals surface area contributed by atoms with Gasteiger partial charge in [-0.25, -0.2) is 0 Å². The van der Waals surface area contributed by atoms with Crippen LogP contribution >= 0.6 is 0 Å². The summed E-state index contributed by atoms with van der Waals surface area (Å²) in [7, 11) is 0. The lowest BCUT2D eigenvalue weighted by molar-refractivity contribution is 0.125. The van der Waals surface area contributed by atoms with E-state index in [0.29, 0.717) is 0 Å². The van der Waals surface area contributed by atoms with Crippen LogP contribution in [-0.2, 0) is 43.3 Å². The van der Waals surface area contributed by atoms with Gasteiger partial charge in [0.1, 0.15) is 0 Å². The molecule has 2 aliphatic rings. The highest BCUT2D eigenvalue weighted by Crippen LogP contribution is 2.65. The summed E-state index contributed by atoms with van der Waals surface area (Å²) in [4.78, 5) is 0. The first-order valence-electron chi connectivity index (χ1n) is 29.6. The molecule has 0 N–H and O–H groups in total. The van der Waals surface area contributed by atoms with Gasteiger partial charge in [-0.1, -0.05) is 227 Å². The minimum absolute atomic E-state index is 0.00649. The average Bonchev–Trinajstić information content (AvgIpc) is 3.06.